The van der Waals surface area contributed by atoms with E-state index in [2.05, 4.69) is 6.92 Å². The highest BCUT2D eigenvalue weighted by atomic mass is 32.2. The lowest BCUT2D eigenvalue weighted by atomic mass is 10.4. The lowest BCUT2D eigenvalue weighted by Gasteiger charge is -2.12. The van der Waals surface area contributed by atoms with Crippen LogP contribution in [0.2, 0.25) is 0 Å². The summed E-state index contributed by atoms with van der Waals surface area (Å²) in [6, 6.07) is 0. The van der Waals surface area contributed by atoms with E-state index in [1.807, 2.05) is 23.5 Å². The summed E-state index contributed by atoms with van der Waals surface area (Å²) in [5, 5.41) is 1.56. The summed E-state index contributed by atoms with van der Waals surface area (Å²) in [6.45, 7) is 4.67. The van der Waals surface area contributed by atoms with E-state index >= 15 is 0 Å². The van der Waals surface area contributed by atoms with E-state index in [4.69, 9.17) is 9.47 Å². The molecule has 0 aromatic heterocycles. The molecule has 2 nitrogen and oxygen atoms in total. The Hall–Kier alpha value is 0.620. The Balaban J connectivity index is 1.42. The minimum absolute atomic E-state index is 0.268. The molecular weight excluding hydrogens is 204 g/mol. The van der Waals surface area contributed by atoms with Crippen LogP contribution in [0.5, 0.6) is 0 Å². The molecule has 13 heavy (non-hydrogen) atoms. The van der Waals surface area contributed by atoms with Crippen LogP contribution in [0, 0.1) is 0 Å². The number of thioether (sulfide) groups is 2. The van der Waals surface area contributed by atoms with Gasteiger partial charge in [0.1, 0.15) is 0 Å². The summed E-state index contributed by atoms with van der Waals surface area (Å²) in [6.07, 6.45) is 0.268. The molecule has 76 valence electrons. The van der Waals surface area contributed by atoms with Crippen molar-refractivity contribution in [3.8, 4) is 0 Å². The molecule has 2 aliphatic heterocycles. The molecule has 0 aliphatic carbocycles. The van der Waals surface area contributed by atoms with Gasteiger partial charge in [-0.05, 0) is 6.92 Å². The van der Waals surface area contributed by atoms with Gasteiger partial charge in [0.25, 0.3) is 0 Å². The van der Waals surface area contributed by atoms with Gasteiger partial charge in [-0.25, -0.2) is 0 Å². The van der Waals surface area contributed by atoms with Gasteiger partial charge in [0.15, 0.2) is 0 Å². The second-order valence-electron chi connectivity index (χ2n) is 3.59. The van der Waals surface area contributed by atoms with E-state index in [0.717, 1.165) is 30.3 Å². The first kappa shape index (κ1) is 10.1. The summed E-state index contributed by atoms with van der Waals surface area (Å²) in [4.78, 5) is 0. The fourth-order valence-corrected chi connectivity index (χ4v) is 1.85. The molecule has 2 rings (SSSR count). The lowest BCUT2D eigenvalue weighted by Crippen LogP contribution is -2.19. The number of rotatable bonds is 7. The van der Waals surface area contributed by atoms with Gasteiger partial charge in [0, 0.05) is 22.0 Å². The van der Waals surface area contributed by atoms with Crippen LogP contribution in [0.4, 0.5) is 0 Å². The average molecular weight is 220 g/mol. The van der Waals surface area contributed by atoms with Crippen molar-refractivity contribution < 1.29 is 9.47 Å². The quantitative estimate of drug-likeness (QED) is 0.607. The SMILES string of the molecule is CC(COCC1CS1)OCC1CS1. The van der Waals surface area contributed by atoms with Crippen molar-refractivity contribution in [3.05, 3.63) is 0 Å². The maximum atomic E-state index is 5.62. The topological polar surface area (TPSA) is 18.5 Å². The predicted molar refractivity (Wildman–Crippen MR) is 58.7 cm³/mol. The zero-order valence-corrected chi connectivity index (χ0v) is 9.53. The van der Waals surface area contributed by atoms with Gasteiger partial charge in [0.2, 0.25) is 0 Å². The van der Waals surface area contributed by atoms with Crippen LogP contribution in [0.25, 0.3) is 0 Å². The Kier molecular flexibility index (Phi) is 3.84. The highest BCUT2D eigenvalue weighted by Gasteiger charge is 2.24. The summed E-state index contributed by atoms with van der Waals surface area (Å²) in [5.74, 6) is 2.57. The first-order valence-corrected chi connectivity index (χ1v) is 6.87. The third kappa shape index (κ3) is 4.58. The Morgan fingerprint density at radius 2 is 1.85 bits per heavy atom. The molecule has 3 atom stereocenters. The zero-order chi connectivity index (χ0) is 9.10. The van der Waals surface area contributed by atoms with Crippen molar-refractivity contribution in [2.75, 3.05) is 31.3 Å². The molecular formula is C9H16O2S2. The van der Waals surface area contributed by atoms with Crippen LogP contribution < -0.4 is 0 Å². The van der Waals surface area contributed by atoms with E-state index in [9.17, 15) is 0 Å². The second-order valence-corrected chi connectivity index (χ2v) is 6.26. The second kappa shape index (κ2) is 4.91. The van der Waals surface area contributed by atoms with Gasteiger partial charge in [0.05, 0.1) is 25.9 Å². The van der Waals surface area contributed by atoms with Gasteiger partial charge in [-0.1, -0.05) is 0 Å². The lowest BCUT2D eigenvalue weighted by molar-refractivity contribution is -0.00141. The summed E-state index contributed by atoms with van der Waals surface area (Å²) in [7, 11) is 0. The largest absolute Gasteiger partial charge is 0.378 e. The summed E-state index contributed by atoms with van der Waals surface area (Å²) < 4.78 is 11.1. The molecule has 0 aromatic rings. The van der Waals surface area contributed by atoms with Gasteiger partial charge in [-0.3, -0.25) is 0 Å². The zero-order valence-electron chi connectivity index (χ0n) is 7.90. The maximum Gasteiger partial charge on any atom is 0.0780 e. The van der Waals surface area contributed by atoms with Crippen LogP contribution in [-0.2, 0) is 9.47 Å². The predicted octanol–water partition coefficient (Wildman–Crippen LogP) is 1.64. The van der Waals surface area contributed by atoms with E-state index in [-0.39, 0.29) is 6.10 Å². The first-order valence-electron chi connectivity index (χ1n) is 4.77. The van der Waals surface area contributed by atoms with Gasteiger partial charge in [-0.15, -0.1) is 0 Å². The normalized spacial score (nSPS) is 33.0. The Morgan fingerprint density at radius 1 is 1.23 bits per heavy atom. The van der Waals surface area contributed by atoms with Crippen molar-refractivity contribution in [1.82, 2.24) is 0 Å². The number of hydrogen-bond acceptors (Lipinski definition) is 4. The molecule has 0 amide bonds. The van der Waals surface area contributed by atoms with Gasteiger partial charge >= 0.3 is 0 Å². The van der Waals surface area contributed by atoms with Crippen molar-refractivity contribution in [3.63, 3.8) is 0 Å². The fourth-order valence-electron chi connectivity index (χ4n) is 1.01. The van der Waals surface area contributed by atoms with Gasteiger partial charge < -0.3 is 9.47 Å². The standard InChI is InChI=1S/C9H16O2S2/c1-7(11-4-9-6-13-9)2-10-3-8-5-12-8/h7-9H,2-6H2,1H3. The Bertz CT molecular complexity index is 158. The summed E-state index contributed by atoms with van der Waals surface area (Å²) in [5.41, 5.74) is 0. The molecule has 2 heterocycles. The molecule has 2 saturated heterocycles. The minimum atomic E-state index is 0.268. The third-order valence-corrected chi connectivity index (χ3v) is 3.91. The monoisotopic (exact) mass is 220 g/mol. The molecule has 0 spiro atoms. The molecule has 4 heteroatoms. The van der Waals surface area contributed by atoms with E-state index in [1.165, 1.54) is 11.5 Å². The highest BCUT2D eigenvalue weighted by molar-refractivity contribution is 8.07. The third-order valence-electron chi connectivity index (χ3n) is 2.03. The fraction of sp³-hybridized carbons (Fsp3) is 1.00. The molecule has 3 unspecified atom stereocenters. The van der Waals surface area contributed by atoms with Crippen LogP contribution in [0.3, 0.4) is 0 Å². The van der Waals surface area contributed by atoms with E-state index in [1.54, 1.807) is 0 Å². The maximum absolute atomic E-state index is 5.62. The number of ether oxygens (including phenoxy) is 2. The van der Waals surface area contributed by atoms with Crippen molar-refractivity contribution in [1.29, 1.82) is 0 Å². The van der Waals surface area contributed by atoms with Crippen LogP contribution >= 0.6 is 23.5 Å². The van der Waals surface area contributed by atoms with Crippen molar-refractivity contribution >= 4 is 23.5 Å². The molecule has 2 fully saturated rings. The van der Waals surface area contributed by atoms with Crippen LogP contribution in [-0.4, -0.2) is 47.9 Å². The first-order chi connectivity index (χ1) is 6.34. The Morgan fingerprint density at radius 3 is 2.46 bits per heavy atom. The van der Waals surface area contributed by atoms with Gasteiger partial charge in [-0.2, -0.15) is 23.5 Å². The van der Waals surface area contributed by atoms with Crippen molar-refractivity contribution in [2.45, 2.75) is 23.5 Å². The molecule has 2 aliphatic rings. The average Bonchev–Trinajstić information content (AvgIpc) is 2.97. The van der Waals surface area contributed by atoms with E-state index < -0.39 is 0 Å². The Labute approximate surface area is 88.1 Å². The number of hydrogen-bond donors (Lipinski definition) is 0. The minimum Gasteiger partial charge on any atom is -0.378 e. The highest BCUT2D eigenvalue weighted by Crippen LogP contribution is 2.31. The summed E-state index contributed by atoms with van der Waals surface area (Å²) >= 11 is 3.96. The molecule has 0 bridgehead atoms. The van der Waals surface area contributed by atoms with Crippen LogP contribution in [0.1, 0.15) is 6.92 Å². The molecule has 0 radical (unpaired) electrons. The smallest absolute Gasteiger partial charge is 0.0780 e. The molecule has 0 aromatic carbocycles. The molecule has 0 N–H and O–H groups in total. The van der Waals surface area contributed by atoms with E-state index in [0.29, 0.717) is 0 Å². The van der Waals surface area contributed by atoms with Crippen LogP contribution in [0.15, 0.2) is 0 Å². The van der Waals surface area contributed by atoms with Crippen molar-refractivity contribution in [2.24, 2.45) is 0 Å². The molecule has 0 saturated carbocycles.